The van der Waals surface area contributed by atoms with Crippen molar-refractivity contribution in [2.75, 3.05) is 0 Å². The molecule has 0 saturated heterocycles. The molecule has 3 aromatic rings. The summed E-state index contributed by atoms with van der Waals surface area (Å²) in [6, 6.07) is 10.6. The van der Waals surface area contributed by atoms with Crippen molar-refractivity contribution in [1.29, 1.82) is 0 Å². The molecular formula is C23H22N2O2. The average molecular weight is 358 g/mol. The van der Waals surface area contributed by atoms with Crippen LogP contribution in [0.1, 0.15) is 42.5 Å². The van der Waals surface area contributed by atoms with Gasteiger partial charge in [-0.05, 0) is 49.6 Å². The van der Waals surface area contributed by atoms with Gasteiger partial charge in [-0.3, -0.25) is 4.79 Å². The van der Waals surface area contributed by atoms with E-state index in [2.05, 4.69) is 57.7 Å². The second kappa shape index (κ2) is 5.32. The number of hydrogen-bond donors (Lipinski definition) is 0. The third kappa shape index (κ3) is 2.10. The molecular weight excluding hydrogens is 336 g/mol. The van der Waals surface area contributed by atoms with Gasteiger partial charge in [-0.25, -0.2) is 4.98 Å². The van der Waals surface area contributed by atoms with Gasteiger partial charge >= 0.3 is 0 Å². The van der Waals surface area contributed by atoms with Gasteiger partial charge in [-0.2, -0.15) is 0 Å². The zero-order valence-corrected chi connectivity index (χ0v) is 15.9. The third-order valence-corrected chi connectivity index (χ3v) is 6.33. The molecule has 4 heterocycles. The van der Waals surface area contributed by atoms with Crippen molar-refractivity contribution in [2.45, 2.75) is 45.8 Å². The van der Waals surface area contributed by atoms with Crippen LogP contribution in [-0.4, -0.2) is 9.55 Å². The van der Waals surface area contributed by atoms with Gasteiger partial charge in [0.1, 0.15) is 6.61 Å². The Bertz CT molecular complexity index is 1210. The van der Waals surface area contributed by atoms with E-state index in [0.29, 0.717) is 13.2 Å². The Hall–Kier alpha value is -2.88. The van der Waals surface area contributed by atoms with E-state index >= 15 is 0 Å². The monoisotopic (exact) mass is 358 g/mol. The van der Waals surface area contributed by atoms with Crippen LogP contribution in [0, 0.1) is 6.92 Å². The molecule has 2 aliphatic rings. The lowest BCUT2D eigenvalue weighted by atomic mass is 9.75. The summed E-state index contributed by atoms with van der Waals surface area (Å²) in [5.74, 6) is 0.738. The van der Waals surface area contributed by atoms with E-state index in [1.165, 1.54) is 5.56 Å². The van der Waals surface area contributed by atoms with E-state index in [9.17, 15) is 4.79 Å². The molecule has 0 amide bonds. The quantitative estimate of drug-likeness (QED) is 0.505. The Morgan fingerprint density at radius 2 is 2.11 bits per heavy atom. The predicted molar refractivity (Wildman–Crippen MR) is 107 cm³/mol. The molecule has 1 atom stereocenters. The van der Waals surface area contributed by atoms with Crippen molar-refractivity contribution in [1.82, 2.24) is 9.55 Å². The highest BCUT2D eigenvalue weighted by Gasteiger charge is 2.39. The highest BCUT2D eigenvalue weighted by molar-refractivity contribution is 5.84. The first-order valence-electron chi connectivity index (χ1n) is 9.42. The molecule has 4 nitrogen and oxygen atoms in total. The molecule has 136 valence electrons. The van der Waals surface area contributed by atoms with E-state index < -0.39 is 0 Å². The highest BCUT2D eigenvalue weighted by Crippen LogP contribution is 2.43. The molecule has 0 unspecified atom stereocenters. The lowest BCUT2D eigenvalue weighted by molar-refractivity contribution is 0.132. The highest BCUT2D eigenvalue weighted by atomic mass is 16.5. The molecule has 0 radical (unpaired) electrons. The summed E-state index contributed by atoms with van der Waals surface area (Å²) in [6.07, 6.45) is 0.832. The molecule has 4 heteroatoms. The predicted octanol–water partition coefficient (Wildman–Crippen LogP) is 4.45. The third-order valence-electron chi connectivity index (χ3n) is 6.33. The van der Waals surface area contributed by atoms with Crippen LogP contribution in [0.25, 0.3) is 22.3 Å². The minimum atomic E-state index is -0.349. The minimum absolute atomic E-state index is 0.0351. The molecule has 0 bridgehead atoms. The summed E-state index contributed by atoms with van der Waals surface area (Å²) in [7, 11) is 0. The van der Waals surface area contributed by atoms with Gasteiger partial charge < -0.3 is 9.30 Å². The second-order valence-electron chi connectivity index (χ2n) is 7.90. The van der Waals surface area contributed by atoms with Crippen LogP contribution in [0.5, 0.6) is 0 Å². The molecule has 0 saturated carbocycles. The van der Waals surface area contributed by atoms with Gasteiger partial charge in [-0.15, -0.1) is 0 Å². The van der Waals surface area contributed by atoms with Crippen molar-refractivity contribution < 1.29 is 4.74 Å². The average Bonchev–Trinajstić information content (AvgIpc) is 3.01. The molecule has 5 rings (SSSR count). The fraction of sp³-hybridized carbons (Fsp3) is 0.304. The van der Waals surface area contributed by atoms with Crippen LogP contribution in [-0.2, 0) is 23.3 Å². The smallest absolute Gasteiger partial charge is 0.258 e. The zero-order chi connectivity index (χ0) is 18.9. The summed E-state index contributed by atoms with van der Waals surface area (Å²) >= 11 is 0. The minimum Gasteiger partial charge on any atom is -0.493 e. The first-order chi connectivity index (χ1) is 12.9. The number of aryl methyl sites for hydroxylation is 1. The number of hydrogen-bond acceptors (Lipinski definition) is 3. The van der Waals surface area contributed by atoms with E-state index in [-0.39, 0.29) is 11.0 Å². The number of allylic oxidation sites excluding steroid dienone is 1. The Balaban J connectivity index is 1.80. The summed E-state index contributed by atoms with van der Waals surface area (Å²) in [5, 5.41) is 1.11. The van der Waals surface area contributed by atoms with Gasteiger partial charge in [0.2, 0.25) is 0 Å². The van der Waals surface area contributed by atoms with E-state index in [1.807, 2.05) is 4.57 Å². The normalized spacial score (nSPS) is 20.2. The standard InChI is InChI=1S/C23H22N2O2/c1-5-23(4)14(3)27-12-17-18(23)10-20-21-16(11-25(20)22(17)26)9-15-7-6-13(2)8-19(15)24-21/h6-10H,3,5,11-12H2,1-2,4H3/t23-/m0/s1. The van der Waals surface area contributed by atoms with Crippen LogP contribution in [0.3, 0.4) is 0 Å². The van der Waals surface area contributed by atoms with Crippen LogP contribution >= 0.6 is 0 Å². The van der Waals surface area contributed by atoms with Gasteiger partial charge in [0.15, 0.2) is 0 Å². The van der Waals surface area contributed by atoms with Crippen molar-refractivity contribution in [2.24, 2.45) is 0 Å². The molecule has 2 aromatic heterocycles. The largest absolute Gasteiger partial charge is 0.493 e. The summed E-state index contributed by atoms with van der Waals surface area (Å²) < 4.78 is 7.62. The van der Waals surface area contributed by atoms with Crippen molar-refractivity contribution in [3.05, 3.63) is 75.3 Å². The first kappa shape index (κ1) is 16.3. The molecule has 0 aliphatic carbocycles. The van der Waals surface area contributed by atoms with Crippen molar-refractivity contribution >= 4 is 10.9 Å². The van der Waals surface area contributed by atoms with Gasteiger partial charge in [0, 0.05) is 16.4 Å². The van der Waals surface area contributed by atoms with Crippen LogP contribution in [0.15, 0.2) is 47.5 Å². The van der Waals surface area contributed by atoms with E-state index in [1.54, 1.807) is 0 Å². The van der Waals surface area contributed by atoms with E-state index in [0.717, 1.165) is 51.2 Å². The molecule has 27 heavy (non-hydrogen) atoms. The molecule has 2 aliphatic heterocycles. The molecule has 0 N–H and O–H groups in total. The number of benzene rings is 1. The zero-order valence-electron chi connectivity index (χ0n) is 15.9. The van der Waals surface area contributed by atoms with Gasteiger partial charge in [-0.1, -0.05) is 25.6 Å². The molecule has 1 aromatic carbocycles. The second-order valence-corrected chi connectivity index (χ2v) is 7.90. The number of pyridine rings is 2. The number of fused-ring (bicyclic) bond motifs is 5. The fourth-order valence-electron chi connectivity index (χ4n) is 4.36. The maximum atomic E-state index is 13.3. The molecule has 0 fully saturated rings. The number of rotatable bonds is 1. The first-order valence-corrected chi connectivity index (χ1v) is 9.42. The maximum Gasteiger partial charge on any atom is 0.258 e. The summed E-state index contributed by atoms with van der Waals surface area (Å²) in [6.45, 7) is 11.3. The number of ether oxygens (including phenoxy) is 1. The SMILES string of the molecule is C=C1OCc2c(cc3n(c2=O)Cc2cc4ccc(C)cc4nc2-3)[C@@]1(C)CC. The van der Waals surface area contributed by atoms with Crippen molar-refractivity contribution in [3.63, 3.8) is 0 Å². The molecule has 0 spiro atoms. The summed E-state index contributed by atoms with van der Waals surface area (Å²) in [5.41, 5.74) is 6.56. The van der Waals surface area contributed by atoms with Crippen LogP contribution in [0.2, 0.25) is 0 Å². The maximum absolute atomic E-state index is 13.3. The number of nitrogens with zero attached hydrogens (tertiary/aromatic N) is 2. The Morgan fingerprint density at radius 3 is 2.89 bits per heavy atom. The Kier molecular flexibility index (Phi) is 3.21. The topological polar surface area (TPSA) is 44.1 Å². The van der Waals surface area contributed by atoms with Gasteiger partial charge in [0.25, 0.3) is 5.56 Å². The summed E-state index contributed by atoms with van der Waals surface area (Å²) in [4.78, 5) is 18.2. The lowest BCUT2D eigenvalue weighted by Gasteiger charge is -2.37. The van der Waals surface area contributed by atoms with Crippen LogP contribution in [0.4, 0.5) is 0 Å². The van der Waals surface area contributed by atoms with Gasteiger partial charge in [0.05, 0.1) is 34.8 Å². The fourth-order valence-corrected chi connectivity index (χ4v) is 4.36. The van der Waals surface area contributed by atoms with Crippen molar-refractivity contribution in [3.8, 4) is 11.4 Å². The van der Waals surface area contributed by atoms with Crippen LogP contribution < -0.4 is 5.56 Å². The lowest BCUT2D eigenvalue weighted by Crippen LogP contribution is -2.37. The van der Waals surface area contributed by atoms with E-state index in [4.69, 9.17) is 9.72 Å². The Labute approximate surface area is 158 Å². The number of aromatic nitrogens is 2. The Morgan fingerprint density at radius 1 is 1.30 bits per heavy atom.